The van der Waals surface area contributed by atoms with E-state index in [1.54, 1.807) is 12.1 Å². The molecule has 0 radical (unpaired) electrons. The van der Waals surface area contributed by atoms with E-state index in [0.717, 1.165) is 10.5 Å². The zero-order valence-corrected chi connectivity index (χ0v) is 10.3. The van der Waals surface area contributed by atoms with E-state index in [4.69, 9.17) is 21.4 Å². The van der Waals surface area contributed by atoms with Gasteiger partial charge < -0.3 is 15.7 Å². The van der Waals surface area contributed by atoms with Gasteiger partial charge in [0.25, 0.3) is 0 Å². The van der Waals surface area contributed by atoms with Crippen molar-refractivity contribution in [2.75, 3.05) is 13.1 Å². The van der Waals surface area contributed by atoms with E-state index in [1.807, 2.05) is 12.1 Å². The normalized spacial score (nSPS) is 11.1. The predicted octanol–water partition coefficient (Wildman–Crippen LogP) is 0.138. The molecule has 1 atom stereocenters. The van der Waals surface area contributed by atoms with E-state index in [9.17, 15) is 4.79 Å². The summed E-state index contributed by atoms with van der Waals surface area (Å²) in [5, 5.41) is 26.3. The van der Waals surface area contributed by atoms with Crippen LogP contribution in [0, 0.1) is 22.7 Å². The summed E-state index contributed by atoms with van der Waals surface area (Å²) in [6.45, 7) is -0.314. The molecule has 19 heavy (non-hydrogen) atoms. The first-order valence-corrected chi connectivity index (χ1v) is 5.64. The number of carbonyl (C=O) groups excluding carboxylic acids is 1. The van der Waals surface area contributed by atoms with Gasteiger partial charge in [-0.1, -0.05) is 12.1 Å². The lowest BCUT2D eigenvalue weighted by atomic mass is 10.1. The second-order valence-corrected chi connectivity index (χ2v) is 3.99. The Balaban J connectivity index is 2.68. The summed E-state index contributed by atoms with van der Waals surface area (Å²) < 4.78 is 0. The van der Waals surface area contributed by atoms with Gasteiger partial charge in [0.1, 0.15) is 18.8 Å². The Hall–Kier alpha value is -2.57. The first kappa shape index (κ1) is 14.5. The molecule has 0 aromatic heterocycles. The van der Waals surface area contributed by atoms with Crippen molar-refractivity contribution in [2.45, 2.75) is 12.5 Å². The van der Waals surface area contributed by atoms with Gasteiger partial charge in [-0.3, -0.25) is 4.79 Å². The number of benzene rings is 1. The summed E-state index contributed by atoms with van der Waals surface area (Å²) >= 11 is 0. The molecule has 1 rings (SSSR count). The number of nitriles is 2. The van der Waals surface area contributed by atoms with Gasteiger partial charge in [-0.15, -0.1) is 0 Å². The van der Waals surface area contributed by atoms with Crippen molar-refractivity contribution >= 4 is 5.91 Å². The highest BCUT2D eigenvalue weighted by Crippen LogP contribution is 2.11. The number of carbonyl (C=O) groups is 1. The minimum absolute atomic E-state index is 0.138. The van der Waals surface area contributed by atoms with Gasteiger partial charge in [-0.25, -0.2) is 0 Å². The zero-order chi connectivity index (χ0) is 14.3. The molecular formula is C13H14N4O2. The number of nitrogens with zero attached hydrogens (tertiary/aromatic N) is 3. The first-order chi connectivity index (χ1) is 9.08. The number of aromatic hydroxyl groups is 1. The second kappa shape index (κ2) is 7.00. The Labute approximate surface area is 111 Å². The Bertz CT molecular complexity index is 497. The van der Waals surface area contributed by atoms with Gasteiger partial charge in [-0.05, 0) is 24.1 Å². The van der Waals surface area contributed by atoms with Crippen LogP contribution in [0.4, 0.5) is 0 Å². The van der Waals surface area contributed by atoms with Crippen molar-refractivity contribution < 1.29 is 9.90 Å². The van der Waals surface area contributed by atoms with Gasteiger partial charge >= 0.3 is 0 Å². The average Bonchev–Trinajstić information content (AvgIpc) is 2.40. The third kappa shape index (κ3) is 4.30. The third-order valence-corrected chi connectivity index (χ3v) is 2.54. The smallest absolute Gasteiger partial charge is 0.241 e. The topological polar surface area (TPSA) is 114 Å². The summed E-state index contributed by atoms with van der Waals surface area (Å²) in [6.07, 6.45) is 0.284. The molecule has 0 heterocycles. The van der Waals surface area contributed by atoms with Crippen LogP contribution >= 0.6 is 0 Å². The molecule has 1 aromatic rings. The van der Waals surface area contributed by atoms with Crippen molar-refractivity contribution in [3.63, 3.8) is 0 Å². The number of nitrogens with two attached hydrogens (primary N) is 1. The van der Waals surface area contributed by atoms with E-state index >= 15 is 0 Å². The Kier molecular flexibility index (Phi) is 5.34. The maximum absolute atomic E-state index is 11.9. The molecule has 1 amide bonds. The van der Waals surface area contributed by atoms with Gasteiger partial charge in [0.05, 0.1) is 18.2 Å². The molecule has 0 aliphatic heterocycles. The molecule has 0 unspecified atom stereocenters. The van der Waals surface area contributed by atoms with Crippen LogP contribution in [0.15, 0.2) is 24.3 Å². The summed E-state index contributed by atoms with van der Waals surface area (Å²) in [6, 6.07) is 9.19. The standard InChI is InChI=1S/C13H14N4O2/c14-5-7-17(8-6-15)13(19)12(16)9-10-1-3-11(18)4-2-10/h1-4,12,18H,7-9,16H2/t12-/m0/s1. The van der Waals surface area contributed by atoms with Crippen LogP contribution in [0.5, 0.6) is 5.75 Å². The van der Waals surface area contributed by atoms with Crippen molar-refractivity contribution in [3.05, 3.63) is 29.8 Å². The highest BCUT2D eigenvalue weighted by atomic mass is 16.3. The molecule has 0 saturated heterocycles. The second-order valence-electron chi connectivity index (χ2n) is 3.99. The number of phenolic OH excluding ortho intramolecular Hbond substituents is 1. The third-order valence-electron chi connectivity index (χ3n) is 2.54. The molecule has 98 valence electrons. The number of hydrogen-bond donors (Lipinski definition) is 2. The van der Waals surface area contributed by atoms with Gasteiger partial charge in [0, 0.05) is 0 Å². The highest BCUT2D eigenvalue weighted by Gasteiger charge is 2.20. The lowest BCUT2D eigenvalue weighted by Crippen LogP contribution is -2.45. The van der Waals surface area contributed by atoms with Crippen molar-refractivity contribution in [2.24, 2.45) is 5.73 Å². The minimum Gasteiger partial charge on any atom is -0.508 e. The van der Waals surface area contributed by atoms with Crippen molar-refractivity contribution in [1.82, 2.24) is 4.90 Å². The largest absolute Gasteiger partial charge is 0.508 e. The molecule has 0 saturated carbocycles. The molecular weight excluding hydrogens is 244 g/mol. The van der Waals surface area contributed by atoms with Crippen molar-refractivity contribution in [3.8, 4) is 17.9 Å². The number of hydrogen-bond acceptors (Lipinski definition) is 5. The molecule has 3 N–H and O–H groups in total. The van der Waals surface area contributed by atoms with E-state index in [-0.39, 0.29) is 25.3 Å². The summed E-state index contributed by atoms with van der Waals surface area (Å²) in [7, 11) is 0. The monoisotopic (exact) mass is 258 g/mol. The van der Waals surface area contributed by atoms with Gasteiger partial charge in [0.2, 0.25) is 5.91 Å². The van der Waals surface area contributed by atoms with Crippen molar-refractivity contribution in [1.29, 1.82) is 10.5 Å². The Morgan fingerprint density at radius 3 is 2.26 bits per heavy atom. The molecule has 0 aliphatic carbocycles. The number of phenols is 1. The van der Waals surface area contributed by atoms with Gasteiger partial charge in [-0.2, -0.15) is 10.5 Å². The van der Waals surface area contributed by atoms with Crippen LogP contribution in [-0.4, -0.2) is 35.0 Å². The molecule has 0 bridgehead atoms. The fourth-order valence-corrected chi connectivity index (χ4v) is 1.59. The van der Waals surface area contributed by atoms with Gasteiger partial charge in [0.15, 0.2) is 0 Å². The maximum Gasteiger partial charge on any atom is 0.241 e. The summed E-state index contributed by atoms with van der Waals surface area (Å²) in [5.74, 6) is -0.296. The first-order valence-electron chi connectivity index (χ1n) is 5.64. The number of rotatable bonds is 5. The van der Waals surface area contributed by atoms with E-state index in [2.05, 4.69) is 0 Å². The van der Waals surface area contributed by atoms with Crippen LogP contribution in [0.2, 0.25) is 0 Å². The van der Waals surface area contributed by atoms with E-state index in [0.29, 0.717) is 0 Å². The van der Waals surface area contributed by atoms with Crippen LogP contribution < -0.4 is 5.73 Å². The van der Waals surface area contributed by atoms with Crippen LogP contribution in [0.3, 0.4) is 0 Å². The molecule has 0 aliphatic rings. The fourth-order valence-electron chi connectivity index (χ4n) is 1.59. The lowest BCUT2D eigenvalue weighted by molar-refractivity contribution is -0.131. The Morgan fingerprint density at radius 1 is 1.26 bits per heavy atom. The summed E-state index contributed by atoms with van der Waals surface area (Å²) in [5.41, 5.74) is 6.57. The van der Waals surface area contributed by atoms with Crippen LogP contribution in [-0.2, 0) is 11.2 Å². The maximum atomic E-state index is 11.9. The predicted molar refractivity (Wildman–Crippen MR) is 67.6 cm³/mol. The van der Waals surface area contributed by atoms with E-state index < -0.39 is 11.9 Å². The fraction of sp³-hybridized carbons (Fsp3) is 0.308. The molecule has 6 heteroatoms. The minimum atomic E-state index is -0.814. The molecule has 0 spiro atoms. The quantitative estimate of drug-likeness (QED) is 0.729. The molecule has 0 fully saturated rings. The SMILES string of the molecule is N#CCN(CC#N)C(=O)[C@@H](N)Cc1ccc(O)cc1. The summed E-state index contributed by atoms with van der Waals surface area (Å²) in [4.78, 5) is 13.1. The number of amides is 1. The van der Waals surface area contributed by atoms with E-state index in [1.165, 1.54) is 12.1 Å². The van der Waals surface area contributed by atoms with Crippen LogP contribution in [0.25, 0.3) is 0 Å². The molecule has 6 nitrogen and oxygen atoms in total. The zero-order valence-electron chi connectivity index (χ0n) is 10.3. The lowest BCUT2D eigenvalue weighted by Gasteiger charge is -2.20. The highest BCUT2D eigenvalue weighted by molar-refractivity contribution is 5.82. The Morgan fingerprint density at radius 2 is 1.79 bits per heavy atom. The molecule has 1 aromatic carbocycles. The van der Waals surface area contributed by atoms with Crippen LogP contribution in [0.1, 0.15) is 5.56 Å². The average molecular weight is 258 g/mol.